The highest BCUT2D eigenvalue weighted by molar-refractivity contribution is 5.67. The number of fused-ring (bicyclic) bond motifs is 1. The van der Waals surface area contributed by atoms with Gasteiger partial charge in [-0.1, -0.05) is 0 Å². The number of carbonyl (C=O) groups excluding carboxylic acids is 1. The Balaban J connectivity index is 1.84. The number of nitrogens with one attached hydrogen (secondary N) is 1. The predicted octanol–water partition coefficient (Wildman–Crippen LogP) is 1.12. The van der Waals surface area contributed by atoms with Gasteiger partial charge in [0.05, 0.1) is 6.20 Å². The molecule has 0 spiro atoms. The number of carbonyl (C=O) groups is 1. The number of rotatable bonds is 4. The fraction of sp³-hybridized carbons (Fsp3) is 0.500. The number of hydrogen-bond acceptors (Lipinski definition) is 5. The minimum atomic E-state index is -0.511. The molecule has 0 aromatic carbocycles. The molecule has 0 saturated carbocycles. The van der Waals surface area contributed by atoms with Crippen LogP contribution in [0.5, 0.6) is 0 Å². The topological polar surface area (TPSA) is 94.5 Å². The zero-order chi connectivity index (χ0) is 15.5. The van der Waals surface area contributed by atoms with Crippen LogP contribution < -0.4 is 11.1 Å². The number of amides is 1. The molecule has 0 saturated heterocycles. The van der Waals surface area contributed by atoms with Crippen LogP contribution in [0, 0.1) is 0 Å². The molecule has 2 aromatic heterocycles. The van der Waals surface area contributed by atoms with Crippen LogP contribution in [0.25, 0.3) is 5.65 Å². The molecule has 0 aliphatic carbocycles. The summed E-state index contributed by atoms with van der Waals surface area (Å²) in [4.78, 5) is 15.8. The van der Waals surface area contributed by atoms with Crippen LogP contribution in [0.1, 0.15) is 26.3 Å². The van der Waals surface area contributed by atoms with Gasteiger partial charge in [-0.2, -0.15) is 5.10 Å². The molecule has 0 fully saturated rings. The monoisotopic (exact) mass is 291 g/mol. The number of hydrogen-bond donors (Lipinski definition) is 2. The molecule has 0 aliphatic heterocycles. The summed E-state index contributed by atoms with van der Waals surface area (Å²) in [6, 6.07) is 1.61. The van der Waals surface area contributed by atoms with E-state index in [9.17, 15) is 4.79 Å². The number of nitrogens with two attached hydrogens (primary N) is 1. The molecule has 114 valence electrons. The second-order valence-corrected chi connectivity index (χ2v) is 5.94. The Morgan fingerprint density at radius 3 is 3.00 bits per heavy atom. The van der Waals surface area contributed by atoms with Crippen molar-refractivity contribution in [3.63, 3.8) is 0 Å². The Morgan fingerprint density at radius 1 is 1.52 bits per heavy atom. The van der Waals surface area contributed by atoms with E-state index in [2.05, 4.69) is 15.4 Å². The maximum atomic E-state index is 11.5. The fourth-order valence-corrected chi connectivity index (χ4v) is 1.86. The largest absolute Gasteiger partial charge is 0.444 e. The van der Waals surface area contributed by atoms with Crippen molar-refractivity contribution >= 4 is 11.7 Å². The average molecular weight is 291 g/mol. The van der Waals surface area contributed by atoms with E-state index < -0.39 is 11.7 Å². The average Bonchev–Trinajstić information content (AvgIpc) is 2.81. The lowest BCUT2D eigenvalue weighted by Crippen LogP contribution is -2.41. The van der Waals surface area contributed by atoms with Crippen molar-refractivity contribution in [1.29, 1.82) is 0 Å². The van der Waals surface area contributed by atoms with Gasteiger partial charge in [0.1, 0.15) is 5.60 Å². The van der Waals surface area contributed by atoms with E-state index in [1.54, 1.807) is 16.9 Å². The first-order chi connectivity index (χ1) is 9.83. The van der Waals surface area contributed by atoms with Crippen molar-refractivity contribution in [2.75, 3.05) is 6.54 Å². The second-order valence-electron chi connectivity index (χ2n) is 5.94. The van der Waals surface area contributed by atoms with Gasteiger partial charge >= 0.3 is 6.09 Å². The molecule has 2 heterocycles. The first-order valence-electron chi connectivity index (χ1n) is 6.84. The summed E-state index contributed by atoms with van der Waals surface area (Å²) in [5, 5.41) is 6.79. The molecule has 21 heavy (non-hydrogen) atoms. The second kappa shape index (κ2) is 6.09. The molecule has 0 bridgehead atoms. The lowest BCUT2D eigenvalue weighted by atomic mass is 10.1. The van der Waals surface area contributed by atoms with Gasteiger partial charge in [0.15, 0.2) is 5.65 Å². The fourth-order valence-electron chi connectivity index (χ4n) is 1.86. The first kappa shape index (κ1) is 15.2. The quantitative estimate of drug-likeness (QED) is 0.880. The molecule has 2 rings (SSSR count). The Labute approximate surface area is 123 Å². The van der Waals surface area contributed by atoms with Crippen LogP contribution in [0.4, 0.5) is 4.79 Å². The summed E-state index contributed by atoms with van der Waals surface area (Å²) in [7, 11) is 0. The molecular weight excluding hydrogens is 270 g/mol. The van der Waals surface area contributed by atoms with Crippen LogP contribution in [-0.4, -0.2) is 38.9 Å². The summed E-state index contributed by atoms with van der Waals surface area (Å²) in [6.45, 7) is 5.79. The highest BCUT2D eigenvalue weighted by atomic mass is 16.6. The van der Waals surface area contributed by atoms with Crippen LogP contribution in [-0.2, 0) is 11.2 Å². The summed E-state index contributed by atoms with van der Waals surface area (Å²) < 4.78 is 6.85. The lowest BCUT2D eigenvalue weighted by molar-refractivity contribution is 0.0524. The van der Waals surface area contributed by atoms with Gasteiger partial charge in [0.25, 0.3) is 0 Å². The van der Waals surface area contributed by atoms with E-state index in [4.69, 9.17) is 10.5 Å². The minimum Gasteiger partial charge on any atom is -0.444 e. The molecule has 1 unspecified atom stereocenters. The summed E-state index contributed by atoms with van der Waals surface area (Å²) in [5.41, 5.74) is 7.25. The Hall–Kier alpha value is -2.15. The SMILES string of the molecule is CC(C)(C)OC(=O)NCC(N)Cc1cnc2ccnn2c1. The van der Waals surface area contributed by atoms with Crippen LogP contribution in [0.15, 0.2) is 24.7 Å². The number of alkyl carbamates (subject to hydrolysis) is 1. The van der Waals surface area contributed by atoms with E-state index in [1.165, 1.54) is 0 Å². The summed E-state index contributed by atoms with van der Waals surface area (Å²) in [6.07, 6.45) is 5.48. The molecule has 7 nitrogen and oxygen atoms in total. The summed E-state index contributed by atoms with van der Waals surface area (Å²) in [5.74, 6) is 0. The third-order valence-corrected chi connectivity index (χ3v) is 2.71. The van der Waals surface area contributed by atoms with Crippen molar-refractivity contribution < 1.29 is 9.53 Å². The van der Waals surface area contributed by atoms with E-state index in [1.807, 2.05) is 33.0 Å². The zero-order valence-corrected chi connectivity index (χ0v) is 12.5. The molecule has 0 radical (unpaired) electrons. The lowest BCUT2D eigenvalue weighted by Gasteiger charge is -2.20. The normalized spacial score (nSPS) is 13.1. The van der Waals surface area contributed by atoms with Crippen LogP contribution in [0.3, 0.4) is 0 Å². The van der Waals surface area contributed by atoms with Gasteiger partial charge < -0.3 is 15.8 Å². The van der Waals surface area contributed by atoms with Gasteiger partial charge in [-0.15, -0.1) is 0 Å². The van der Waals surface area contributed by atoms with Gasteiger partial charge in [0.2, 0.25) is 0 Å². The molecule has 3 N–H and O–H groups in total. The van der Waals surface area contributed by atoms with Crippen LogP contribution >= 0.6 is 0 Å². The molecule has 1 atom stereocenters. The highest BCUT2D eigenvalue weighted by Crippen LogP contribution is 2.07. The Kier molecular flexibility index (Phi) is 4.42. The molecule has 2 aromatic rings. The first-order valence-corrected chi connectivity index (χ1v) is 6.84. The van der Waals surface area contributed by atoms with Crippen molar-refractivity contribution in [3.8, 4) is 0 Å². The predicted molar refractivity (Wildman–Crippen MR) is 78.9 cm³/mol. The van der Waals surface area contributed by atoms with Crippen molar-refractivity contribution in [2.45, 2.75) is 38.8 Å². The molecule has 1 amide bonds. The Morgan fingerprint density at radius 2 is 2.29 bits per heavy atom. The van der Waals surface area contributed by atoms with Crippen molar-refractivity contribution in [2.24, 2.45) is 5.73 Å². The van der Waals surface area contributed by atoms with Gasteiger partial charge in [-0.05, 0) is 32.8 Å². The smallest absolute Gasteiger partial charge is 0.407 e. The van der Waals surface area contributed by atoms with E-state index in [0.29, 0.717) is 13.0 Å². The minimum absolute atomic E-state index is 0.215. The highest BCUT2D eigenvalue weighted by Gasteiger charge is 2.16. The van der Waals surface area contributed by atoms with Crippen LogP contribution in [0.2, 0.25) is 0 Å². The number of nitrogens with zero attached hydrogens (tertiary/aromatic N) is 3. The number of ether oxygens (including phenoxy) is 1. The van der Waals surface area contributed by atoms with Crippen molar-refractivity contribution in [1.82, 2.24) is 19.9 Å². The van der Waals surface area contributed by atoms with Gasteiger partial charge in [0, 0.05) is 31.0 Å². The third-order valence-electron chi connectivity index (χ3n) is 2.71. The maximum absolute atomic E-state index is 11.5. The van der Waals surface area contributed by atoms with E-state index in [-0.39, 0.29) is 6.04 Å². The maximum Gasteiger partial charge on any atom is 0.407 e. The van der Waals surface area contributed by atoms with E-state index >= 15 is 0 Å². The van der Waals surface area contributed by atoms with Gasteiger partial charge in [-0.3, -0.25) is 0 Å². The summed E-state index contributed by atoms with van der Waals surface area (Å²) >= 11 is 0. The van der Waals surface area contributed by atoms with E-state index in [0.717, 1.165) is 11.2 Å². The molecular formula is C14H21N5O2. The van der Waals surface area contributed by atoms with Crippen molar-refractivity contribution in [3.05, 3.63) is 30.2 Å². The molecule has 7 heteroatoms. The standard InChI is InChI=1S/C14H21N5O2/c1-14(2,3)21-13(20)17-8-11(15)6-10-7-16-12-4-5-18-19(12)9-10/h4-5,7,9,11H,6,8,15H2,1-3H3,(H,17,20). The number of aromatic nitrogens is 3. The Bertz CT molecular complexity index is 617. The van der Waals surface area contributed by atoms with Gasteiger partial charge in [-0.25, -0.2) is 14.3 Å². The molecule has 0 aliphatic rings. The third kappa shape index (κ3) is 4.71. The zero-order valence-electron chi connectivity index (χ0n) is 12.5.